The number of rotatable bonds is 4. The van der Waals surface area contributed by atoms with Crippen LogP contribution in [0.15, 0.2) is 61.4 Å². The zero-order valence-corrected chi connectivity index (χ0v) is 12.4. The van der Waals surface area contributed by atoms with Crippen molar-refractivity contribution in [2.45, 2.75) is 34.6 Å². The van der Waals surface area contributed by atoms with Crippen molar-refractivity contribution in [3.63, 3.8) is 0 Å². The minimum atomic E-state index is 0.607. The van der Waals surface area contributed by atoms with Crippen LogP contribution >= 0.6 is 0 Å². The lowest BCUT2D eigenvalue weighted by atomic mass is 10.2. The second-order valence-corrected chi connectivity index (χ2v) is 2.98. The van der Waals surface area contributed by atoms with Crippen LogP contribution in [-0.2, 0) is 0 Å². The smallest absolute Gasteiger partial charge is 0.127 e. The molecule has 0 saturated carbocycles. The Bertz CT molecular complexity index is 362. The van der Waals surface area contributed by atoms with Crippen LogP contribution in [0, 0.1) is 6.92 Å². The molecule has 0 aliphatic heterocycles. The Morgan fingerprint density at radius 2 is 1.78 bits per heavy atom. The van der Waals surface area contributed by atoms with Gasteiger partial charge >= 0.3 is 0 Å². The molecule has 18 heavy (non-hydrogen) atoms. The normalized spacial score (nSPS) is 8.50. The third-order valence-corrected chi connectivity index (χ3v) is 1.66. The first-order chi connectivity index (χ1) is 8.72. The van der Waals surface area contributed by atoms with Gasteiger partial charge in [0.2, 0.25) is 0 Å². The molecule has 0 aliphatic carbocycles. The number of ether oxygens (including phenoxy) is 1. The summed E-state index contributed by atoms with van der Waals surface area (Å²) in [5.41, 5.74) is 1.17. The summed E-state index contributed by atoms with van der Waals surface area (Å²) in [6.07, 6.45) is 5.25. The Morgan fingerprint density at radius 1 is 1.17 bits per heavy atom. The Balaban J connectivity index is 0. The molecule has 0 fully saturated rings. The Labute approximate surface area is 113 Å². The van der Waals surface area contributed by atoms with Crippen molar-refractivity contribution < 1.29 is 4.74 Å². The monoisotopic (exact) mass is 246 g/mol. The van der Waals surface area contributed by atoms with Gasteiger partial charge in [0.15, 0.2) is 0 Å². The number of aryl methyl sites for hydroxylation is 1. The molecule has 0 amide bonds. The van der Waals surface area contributed by atoms with E-state index in [0.29, 0.717) is 5.76 Å². The van der Waals surface area contributed by atoms with Gasteiger partial charge in [0, 0.05) is 0 Å². The van der Waals surface area contributed by atoms with Crippen LogP contribution in [-0.4, -0.2) is 0 Å². The van der Waals surface area contributed by atoms with E-state index in [4.69, 9.17) is 4.74 Å². The highest BCUT2D eigenvalue weighted by molar-refractivity contribution is 5.30. The fraction of sp³-hybridized carbons (Fsp3) is 0.294. The van der Waals surface area contributed by atoms with E-state index in [1.54, 1.807) is 18.2 Å². The van der Waals surface area contributed by atoms with E-state index in [0.717, 1.165) is 5.75 Å². The first-order valence-electron chi connectivity index (χ1n) is 6.45. The highest BCUT2D eigenvalue weighted by atomic mass is 16.5. The predicted octanol–water partition coefficient (Wildman–Crippen LogP) is 5.68. The van der Waals surface area contributed by atoms with E-state index < -0.39 is 0 Å². The number of allylic oxidation sites excluding steroid dienone is 3. The molecule has 1 aromatic rings. The zero-order chi connectivity index (χ0) is 14.4. The molecule has 0 spiro atoms. The molecule has 0 bridgehead atoms. The molecule has 1 nitrogen and oxygen atoms in total. The van der Waals surface area contributed by atoms with Crippen LogP contribution in [0.5, 0.6) is 5.75 Å². The van der Waals surface area contributed by atoms with E-state index in [-0.39, 0.29) is 0 Å². The fourth-order valence-electron chi connectivity index (χ4n) is 1.04. The van der Waals surface area contributed by atoms with Crippen LogP contribution < -0.4 is 4.74 Å². The number of hydrogen-bond acceptors (Lipinski definition) is 1. The number of benzene rings is 1. The summed E-state index contributed by atoms with van der Waals surface area (Å²) < 4.78 is 5.47. The summed E-state index contributed by atoms with van der Waals surface area (Å²) in [7, 11) is 0. The lowest BCUT2D eigenvalue weighted by Gasteiger charge is -2.04. The van der Waals surface area contributed by atoms with Crippen molar-refractivity contribution >= 4 is 0 Å². The second-order valence-electron chi connectivity index (χ2n) is 2.98. The average Bonchev–Trinajstić information content (AvgIpc) is 2.41. The topological polar surface area (TPSA) is 9.23 Å². The minimum absolute atomic E-state index is 0.607. The van der Waals surface area contributed by atoms with Crippen LogP contribution in [0.1, 0.15) is 33.3 Å². The lowest BCUT2D eigenvalue weighted by molar-refractivity contribution is 0.446. The molecular formula is C17H26O. The van der Waals surface area contributed by atoms with Crippen LogP contribution in [0.3, 0.4) is 0 Å². The summed E-state index contributed by atoms with van der Waals surface area (Å²) in [4.78, 5) is 0. The van der Waals surface area contributed by atoms with Crippen LogP contribution in [0.25, 0.3) is 0 Å². The molecule has 0 saturated heterocycles. The third-order valence-electron chi connectivity index (χ3n) is 1.66. The number of hydrogen-bond donors (Lipinski definition) is 0. The van der Waals surface area contributed by atoms with E-state index in [2.05, 4.69) is 13.2 Å². The Kier molecular flexibility index (Phi) is 13.7. The second kappa shape index (κ2) is 13.3. The molecule has 100 valence electrons. The van der Waals surface area contributed by atoms with Gasteiger partial charge in [-0.25, -0.2) is 0 Å². The Hall–Kier alpha value is -1.76. The third kappa shape index (κ3) is 9.46. The maximum absolute atomic E-state index is 5.47. The fourth-order valence-corrected chi connectivity index (χ4v) is 1.04. The zero-order valence-electron chi connectivity index (χ0n) is 12.4. The molecular weight excluding hydrogens is 220 g/mol. The van der Waals surface area contributed by atoms with Crippen molar-refractivity contribution in [3.05, 3.63) is 67.0 Å². The molecule has 1 rings (SSSR count). The van der Waals surface area contributed by atoms with Gasteiger partial charge < -0.3 is 4.74 Å². The SMILES string of the molecule is C=C/C=C\C(=C)Oc1cccc(C)c1.CC.CC. The van der Waals surface area contributed by atoms with E-state index in [9.17, 15) is 0 Å². The molecule has 1 aromatic carbocycles. The molecule has 0 atom stereocenters. The van der Waals surface area contributed by atoms with Gasteiger partial charge in [0.1, 0.15) is 11.5 Å². The highest BCUT2D eigenvalue weighted by Gasteiger charge is 1.94. The highest BCUT2D eigenvalue weighted by Crippen LogP contribution is 2.15. The summed E-state index contributed by atoms with van der Waals surface area (Å²) >= 11 is 0. The quantitative estimate of drug-likeness (QED) is 0.490. The van der Waals surface area contributed by atoms with Crippen molar-refractivity contribution in [1.82, 2.24) is 0 Å². The largest absolute Gasteiger partial charge is 0.458 e. The summed E-state index contributed by atoms with van der Waals surface area (Å²) in [6.45, 7) is 17.4. The summed E-state index contributed by atoms with van der Waals surface area (Å²) in [6, 6.07) is 7.84. The predicted molar refractivity (Wildman–Crippen MR) is 83.0 cm³/mol. The minimum Gasteiger partial charge on any atom is -0.458 e. The van der Waals surface area contributed by atoms with Gasteiger partial charge in [0.05, 0.1) is 0 Å². The van der Waals surface area contributed by atoms with Gasteiger partial charge in [-0.1, -0.05) is 65.1 Å². The molecule has 0 aliphatic rings. The van der Waals surface area contributed by atoms with Gasteiger partial charge in [-0.15, -0.1) is 0 Å². The average molecular weight is 246 g/mol. The van der Waals surface area contributed by atoms with Crippen LogP contribution in [0.4, 0.5) is 0 Å². The maximum atomic E-state index is 5.47. The van der Waals surface area contributed by atoms with Crippen molar-refractivity contribution in [1.29, 1.82) is 0 Å². The molecule has 0 unspecified atom stereocenters. The maximum Gasteiger partial charge on any atom is 0.127 e. The molecule has 0 aromatic heterocycles. The van der Waals surface area contributed by atoms with Crippen molar-refractivity contribution in [2.24, 2.45) is 0 Å². The van der Waals surface area contributed by atoms with Gasteiger partial charge in [-0.05, 0) is 30.7 Å². The Morgan fingerprint density at radius 3 is 2.28 bits per heavy atom. The molecule has 1 heteroatoms. The first kappa shape index (κ1) is 18.6. The first-order valence-corrected chi connectivity index (χ1v) is 6.45. The standard InChI is InChI=1S/C13H14O.2C2H6/c1-4-5-8-12(3)14-13-9-6-7-11(2)10-13;2*1-2/h4-10H,1,3H2,2H3;2*1-2H3/b8-5-;;. The van der Waals surface area contributed by atoms with E-state index >= 15 is 0 Å². The molecule has 0 N–H and O–H groups in total. The van der Waals surface area contributed by atoms with E-state index in [1.807, 2.05) is 58.9 Å². The van der Waals surface area contributed by atoms with Gasteiger partial charge in [-0.3, -0.25) is 0 Å². The van der Waals surface area contributed by atoms with Crippen LogP contribution in [0.2, 0.25) is 0 Å². The summed E-state index contributed by atoms with van der Waals surface area (Å²) in [5.74, 6) is 1.42. The van der Waals surface area contributed by atoms with Gasteiger partial charge in [0.25, 0.3) is 0 Å². The lowest BCUT2D eigenvalue weighted by Crippen LogP contribution is -1.89. The summed E-state index contributed by atoms with van der Waals surface area (Å²) in [5, 5.41) is 0. The van der Waals surface area contributed by atoms with Crippen molar-refractivity contribution in [3.8, 4) is 5.75 Å². The van der Waals surface area contributed by atoms with E-state index in [1.165, 1.54) is 5.56 Å². The molecule has 0 heterocycles. The van der Waals surface area contributed by atoms with Gasteiger partial charge in [-0.2, -0.15) is 0 Å². The van der Waals surface area contributed by atoms with Crippen molar-refractivity contribution in [2.75, 3.05) is 0 Å². The molecule has 0 radical (unpaired) electrons.